The van der Waals surface area contributed by atoms with E-state index in [1.165, 1.54) is 28.6 Å². The van der Waals surface area contributed by atoms with Crippen LogP contribution in [-0.2, 0) is 17.6 Å². The number of ether oxygens (including phenoxy) is 1. The van der Waals surface area contributed by atoms with Crippen LogP contribution in [0.15, 0.2) is 35.7 Å². The Kier molecular flexibility index (Phi) is 6.01. The average molecular weight is 509 g/mol. The van der Waals surface area contributed by atoms with E-state index < -0.39 is 0 Å². The number of hydrogen-bond acceptors (Lipinski definition) is 8. The molecule has 0 unspecified atom stereocenters. The number of piperazine rings is 1. The number of rotatable bonds is 5. The molecule has 2 aliphatic rings. The molecule has 1 aliphatic carbocycles. The van der Waals surface area contributed by atoms with Gasteiger partial charge in [-0.15, -0.1) is 21.5 Å². The summed E-state index contributed by atoms with van der Waals surface area (Å²) < 4.78 is 7.20. The molecule has 1 amide bonds. The fourth-order valence-corrected chi connectivity index (χ4v) is 7.19. The molecular weight excluding hydrogens is 480 g/mol. The maximum atomic E-state index is 12.9. The van der Waals surface area contributed by atoms with Crippen molar-refractivity contribution in [3.05, 3.63) is 41.0 Å². The number of benzene rings is 1. The van der Waals surface area contributed by atoms with Gasteiger partial charge in [-0.1, -0.05) is 18.7 Å². The minimum Gasteiger partial charge on any atom is -0.497 e. The summed E-state index contributed by atoms with van der Waals surface area (Å²) in [6.07, 6.45) is 5.21. The number of carbonyl (C=O) groups excluding carboxylic acids is 1. The lowest BCUT2D eigenvalue weighted by Crippen LogP contribution is -2.49. The van der Waals surface area contributed by atoms with Crippen molar-refractivity contribution in [2.45, 2.75) is 31.3 Å². The third-order valence-electron chi connectivity index (χ3n) is 7.07. The molecule has 3 aromatic heterocycles. The molecule has 6 rings (SSSR count). The van der Waals surface area contributed by atoms with Crippen LogP contribution in [0.5, 0.6) is 5.75 Å². The van der Waals surface area contributed by atoms with E-state index >= 15 is 0 Å². The highest BCUT2D eigenvalue weighted by Crippen LogP contribution is 2.39. The first-order valence-electron chi connectivity index (χ1n) is 12.0. The minimum absolute atomic E-state index is 0.136. The van der Waals surface area contributed by atoms with Crippen molar-refractivity contribution in [3.63, 3.8) is 0 Å². The molecule has 4 aromatic rings. The van der Waals surface area contributed by atoms with Gasteiger partial charge in [0.05, 0.1) is 18.2 Å². The van der Waals surface area contributed by atoms with Crippen LogP contribution in [0, 0.1) is 5.92 Å². The standard InChI is InChI=1S/C25H28N6O2S2/c1-16-3-8-19-20(13-16)35-24-22(19)23-27-28-25(31(23)15-26-24)34-14-21(32)30-11-9-29(10-12-30)17-4-6-18(33-2)7-5-17/h4-7,15-16H,3,8-14H2,1-2H3/t16-/m1/s1. The molecule has 1 aromatic carbocycles. The van der Waals surface area contributed by atoms with Crippen molar-refractivity contribution in [1.82, 2.24) is 24.5 Å². The second-order valence-corrected chi connectivity index (χ2v) is 11.3. The van der Waals surface area contributed by atoms with Crippen LogP contribution in [0.1, 0.15) is 23.8 Å². The second kappa shape index (κ2) is 9.31. The van der Waals surface area contributed by atoms with Gasteiger partial charge >= 0.3 is 0 Å². The topological polar surface area (TPSA) is 75.9 Å². The fourth-order valence-electron chi connectivity index (χ4n) is 5.04. The van der Waals surface area contributed by atoms with Crippen molar-refractivity contribution >= 4 is 50.6 Å². The summed E-state index contributed by atoms with van der Waals surface area (Å²) in [5.41, 5.74) is 3.42. The molecule has 182 valence electrons. The van der Waals surface area contributed by atoms with E-state index in [0.717, 1.165) is 64.3 Å². The normalized spacial score (nSPS) is 18.3. The first-order valence-corrected chi connectivity index (χ1v) is 13.8. The molecule has 1 saturated heterocycles. The number of carbonyl (C=O) groups is 1. The summed E-state index contributed by atoms with van der Waals surface area (Å²) in [5, 5.41) is 10.8. The number of aromatic nitrogens is 4. The molecule has 4 heterocycles. The van der Waals surface area contributed by atoms with Crippen LogP contribution in [-0.4, -0.2) is 69.4 Å². The summed E-state index contributed by atoms with van der Waals surface area (Å²) in [4.78, 5) is 24.4. The van der Waals surface area contributed by atoms with Crippen molar-refractivity contribution in [1.29, 1.82) is 0 Å². The van der Waals surface area contributed by atoms with Crippen LogP contribution in [0.4, 0.5) is 5.69 Å². The highest BCUT2D eigenvalue weighted by Gasteiger charge is 2.25. The van der Waals surface area contributed by atoms with E-state index in [4.69, 9.17) is 9.72 Å². The van der Waals surface area contributed by atoms with Crippen molar-refractivity contribution in [2.75, 3.05) is 43.9 Å². The van der Waals surface area contributed by atoms with Gasteiger partial charge in [0.1, 0.15) is 16.9 Å². The summed E-state index contributed by atoms with van der Waals surface area (Å²) in [6, 6.07) is 8.08. The van der Waals surface area contributed by atoms with E-state index in [1.54, 1.807) is 18.4 Å². The minimum atomic E-state index is 0.136. The van der Waals surface area contributed by atoms with Crippen LogP contribution >= 0.6 is 23.1 Å². The maximum Gasteiger partial charge on any atom is 0.233 e. The molecule has 1 fully saturated rings. The van der Waals surface area contributed by atoms with E-state index in [-0.39, 0.29) is 5.91 Å². The van der Waals surface area contributed by atoms with E-state index in [0.29, 0.717) is 18.8 Å². The summed E-state index contributed by atoms with van der Waals surface area (Å²) >= 11 is 3.24. The van der Waals surface area contributed by atoms with E-state index in [9.17, 15) is 4.79 Å². The number of fused-ring (bicyclic) bond motifs is 5. The molecule has 10 heteroatoms. The van der Waals surface area contributed by atoms with Crippen LogP contribution in [0.3, 0.4) is 0 Å². The Labute approximate surface area is 212 Å². The van der Waals surface area contributed by atoms with Crippen LogP contribution < -0.4 is 9.64 Å². The zero-order valence-corrected chi connectivity index (χ0v) is 21.6. The van der Waals surface area contributed by atoms with Crippen molar-refractivity contribution in [3.8, 4) is 5.75 Å². The Morgan fingerprint density at radius 2 is 1.97 bits per heavy atom. The third-order valence-corrected chi connectivity index (χ3v) is 9.16. The predicted molar refractivity (Wildman–Crippen MR) is 140 cm³/mol. The van der Waals surface area contributed by atoms with Gasteiger partial charge in [0.25, 0.3) is 0 Å². The zero-order valence-electron chi connectivity index (χ0n) is 19.9. The molecule has 0 spiro atoms. The quantitative estimate of drug-likeness (QED) is 0.378. The van der Waals surface area contributed by atoms with Gasteiger partial charge in [-0.3, -0.25) is 9.20 Å². The summed E-state index contributed by atoms with van der Waals surface area (Å²) in [6.45, 7) is 5.39. The predicted octanol–water partition coefficient (Wildman–Crippen LogP) is 3.91. The van der Waals surface area contributed by atoms with E-state index in [1.807, 2.05) is 27.8 Å². The fraction of sp³-hybridized carbons (Fsp3) is 0.440. The lowest BCUT2D eigenvalue weighted by molar-refractivity contribution is -0.128. The Morgan fingerprint density at radius 3 is 2.74 bits per heavy atom. The molecule has 0 saturated carbocycles. The number of hydrogen-bond donors (Lipinski definition) is 0. The number of nitrogens with zero attached hydrogens (tertiary/aromatic N) is 6. The zero-order chi connectivity index (χ0) is 23.9. The first kappa shape index (κ1) is 22.6. The Hall–Kier alpha value is -2.85. The highest BCUT2D eigenvalue weighted by molar-refractivity contribution is 7.99. The number of thiophene rings is 1. The molecule has 8 nitrogen and oxygen atoms in total. The smallest absolute Gasteiger partial charge is 0.233 e. The number of aryl methyl sites for hydroxylation is 1. The molecule has 1 aliphatic heterocycles. The van der Waals surface area contributed by atoms with Gasteiger partial charge in [-0.05, 0) is 55.0 Å². The van der Waals surface area contributed by atoms with Gasteiger partial charge in [0.2, 0.25) is 5.91 Å². The highest BCUT2D eigenvalue weighted by atomic mass is 32.2. The number of methoxy groups -OCH3 is 1. The Bertz CT molecular complexity index is 1370. The van der Waals surface area contributed by atoms with Gasteiger partial charge in [-0.2, -0.15) is 0 Å². The Morgan fingerprint density at radius 1 is 1.17 bits per heavy atom. The monoisotopic (exact) mass is 508 g/mol. The van der Waals surface area contributed by atoms with Gasteiger partial charge < -0.3 is 14.5 Å². The average Bonchev–Trinajstić information content (AvgIpc) is 3.47. The largest absolute Gasteiger partial charge is 0.497 e. The molecule has 35 heavy (non-hydrogen) atoms. The second-order valence-electron chi connectivity index (χ2n) is 9.31. The van der Waals surface area contributed by atoms with Crippen LogP contribution in [0.2, 0.25) is 0 Å². The molecular formula is C25H28N6O2S2. The lowest BCUT2D eigenvalue weighted by Gasteiger charge is -2.36. The summed E-state index contributed by atoms with van der Waals surface area (Å²) in [7, 11) is 1.67. The van der Waals surface area contributed by atoms with Crippen molar-refractivity contribution < 1.29 is 9.53 Å². The number of thioether (sulfide) groups is 1. The molecule has 1 atom stereocenters. The number of amides is 1. The van der Waals surface area contributed by atoms with E-state index in [2.05, 4.69) is 34.2 Å². The SMILES string of the molecule is COc1ccc(N2CCN(C(=O)CSc3nnc4c5c6c(sc5ncn34)C[C@H](C)CC6)CC2)cc1. The summed E-state index contributed by atoms with van der Waals surface area (Å²) in [5.74, 6) is 2.06. The third kappa shape index (κ3) is 4.23. The molecule has 0 bridgehead atoms. The maximum absolute atomic E-state index is 12.9. The lowest BCUT2D eigenvalue weighted by atomic mass is 9.89. The van der Waals surface area contributed by atoms with Gasteiger partial charge in [0, 0.05) is 36.7 Å². The first-order chi connectivity index (χ1) is 17.1. The number of anilines is 1. The van der Waals surface area contributed by atoms with Gasteiger partial charge in [0.15, 0.2) is 10.8 Å². The molecule has 0 radical (unpaired) electrons. The van der Waals surface area contributed by atoms with Gasteiger partial charge in [-0.25, -0.2) is 4.98 Å². The Balaban J connectivity index is 1.11. The van der Waals surface area contributed by atoms with Crippen LogP contribution in [0.25, 0.3) is 15.9 Å². The van der Waals surface area contributed by atoms with Crippen molar-refractivity contribution in [2.24, 2.45) is 5.92 Å². The molecule has 0 N–H and O–H groups in total.